The molecular weight excluding hydrogens is 797 g/mol. The summed E-state index contributed by atoms with van der Waals surface area (Å²) in [6.45, 7) is 10.3. The fourth-order valence-electron chi connectivity index (χ4n) is 9.21. The van der Waals surface area contributed by atoms with Crippen molar-refractivity contribution in [2.75, 3.05) is 5.01 Å². The Kier molecular flexibility index (Phi) is 9.62. The normalized spacial score (nSPS) is 13.8. The minimum atomic E-state index is -0.200. The summed E-state index contributed by atoms with van der Waals surface area (Å²) in [4.78, 5) is 32.1. The van der Waals surface area contributed by atoms with Crippen LogP contribution in [0, 0.1) is 27.7 Å². The van der Waals surface area contributed by atoms with Gasteiger partial charge in [0.1, 0.15) is 0 Å². The van der Waals surface area contributed by atoms with Gasteiger partial charge in [-0.2, -0.15) is 10.1 Å². The zero-order valence-electron chi connectivity index (χ0n) is 36.9. The Morgan fingerprint density at radius 3 is 1.32 bits per heavy atom. The predicted octanol–water partition coefficient (Wildman–Crippen LogP) is 13.5. The molecule has 0 unspecified atom stereocenters. The van der Waals surface area contributed by atoms with Gasteiger partial charge >= 0.3 is 0 Å². The van der Waals surface area contributed by atoms with Gasteiger partial charge in [-0.25, -0.2) is 4.98 Å². The third-order valence-corrected chi connectivity index (χ3v) is 12.6. The summed E-state index contributed by atoms with van der Waals surface area (Å²) in [6.07, 6.45) is 4.27. The standard InChI is InChI=1S/C58H46N6O/c1-34-11-19-39(20-12-34)53-44-33-51(62-57(44)52-38(5)63-64(58(52)65)43-9-7-6-8-10-43)56(42-25-17-37(4)18-26-42)50-32-31-49(61-50)55(41-23-15-36(3)16-24-41)48-30-29-47(60-48)54(46-28-27-45(53)59-46)40-21-13-35(2)14-22-40/h6-33,59,61-62H,1-5H3/b53-44?,53-45?,54-46?,54-47?,55-48?,55-49?,56-50?,56-51?,57-52-. The second-order valence-electron chi connectivity index (χ2n) is 17.2. The second-order valence-corrected chi connectivity index (χ2v) is 17.2. The van der Waals surface area contributed by atoms with Crippen LogP contribution in [0.2, 0.25) is 0 Å². The molecule has 0 saturated carbocycles. The topological polar surface area (TPSA) is 92.9 Å². The summed E-state index contributed by atoms with van der Waals surface area (Å²) < 4.78 is 0. The molecule has 3 N–H and O–H groups in total. The van der Waals surface area contributed by atoms with Gasteiger partial charge in [-0.15, -0.1) is 0 Å². The summed E-state index contributed by atoms with van der Waals surface area (Å²) in [5.41, 5.74) is 20.8. The summed E-state index contributed by atoms with van der Waals surface area (Å²) in [7, 11) is 0. The lowest BCUT2D eigenvalue weighted by molar-refractivity contribution is -0.112. The van der Waals surface area contributed by atoms with Crippen molar-refractivity contribution in [3.05, 3.63) is 197 Å². The van der Waals surface area contributed by atoms with E-state index < -0.39 is 0 Å². The van der Waals surface area contributed by atoms with Gasteiger partial charge in [0.2, 0.25) is 0 Å². The van der Waals surface area contributed by atoms with Crippen LogP contribution in [0.3, 0.4) is 0 Å². The van der Waals surface area contributed by atoms with Crippen molar-refractivity contribution in [2.45, 2.75) is 34.6 Å². The summed E-state index contributed by atoms with van der Waals surface area (Å²) in [5.74, 6) is -0.200. The van der Waals surface area contributed by atoms with Crippen LogP contribution in [-0.4, -0.2) is 31.6 Å². The fourth-order valence-corrected chi connectivity index (χ4v) is 9.21. The van der Waals surface area contributed by atoms with E-state index in [1.807, 2.05) is 37.3 Å². The van der Waals surface area contributed by atoms with Gasteiger partial charge in [-0.3, -0.25) is 4.79 Å². The van der Waals surface area contributed by atoms with Crippen LogP contribution in [0.4, 0.5) is 5.69 Å². The number of hydrazone groups is 1. The average Bonchev–Trinajstić information content (AvgIpc) is 4.18. The van der Waals surface area contributed by atoms with Gasteiger partial charge in [-0.1, -0.05) is 138 Å². The molecule has 2 aliphatic heterocycles. The van der Waals surface area contributed by atoms with E-state index in [4.69, 9.17) is 10.1 Å². The molecule has 314 valence electrons. The fraction of sp³-hybridized carbons (Fsp3) is 0.0862. The van der Waals surface area contributed by atoms with E-state index in [-0.39, 0.29) is 5.91 Å². The van der Waals surface area contributed by atoms with Gasteiger partial charge in [-0.05, 0) is 111 Å². The minimum absolute atomic E-state index is 0.200. The molecule has 0 aliphatic carbocycles. The summed E-state index contributed by atoms with van der Waals surface area (Å²) in [6, 6.07) is 55.0. The van der Waals surface area contributed by atoms with Gasteiger partial charge < -0.3 is 15.0 Å². The molecule has 7 heteroatoms. The molecule has 0 saturated heterocycles. The van der Waals surface area contributed by atoms with Crippen molar-refractivity contribution >= 4 is 68.0 Å². The monoisotopic (exact) mass is 842 g/mol. The Labute approximate surface area is 377 Å². The molecule has 1 amide bonds. The van der Waals surface area contributed by atoms with Crippen LogP contribution >= 0.6 is 0 Å². The first-order valence-corrected chi connectivity index (χ1v) is 22.0. The molecule has 0 atom stereocenters. The number of anilines is 1. The lowest BCUT2D eigenvalue weighted by atomic mass is 9.99. The number of nitrogens with one attached hydrogen (secondary N) is 3. The number of amides is 1. The number of aromatic amines is 3. The molecule has 7 nitrogen and oxygen atoms in total. The largest absolute Gasteiger partial charge is 0.354 e. The number of fused-ring (bicyclic) bond motifs is 8. The van der Waals surface area contributed by atoms with Gasteiger partial charge in [0, 0.05) is 55.2 Å². The maximum Gasteiger partial charge on any atom is 0.282 e. The van der Waals surface area contributed by atoms with Crippen LogP contribution in [-0.2, 0) is 4.79 Å². The molecule has 8 bridgehead atoms. The molecule has 4 aromatic heterocycles. The molecule has 0 fully saturated rings. The zero-order chi connectivity index (χ0) is 44.3. The van der Waals surface area contributed by atoms with E-state index in [0.29, 0.717) is 22.3 Å². The Hall–Kier alpha value is -8.29. The molecule has 2 aliphatic rings. The van der Waals surface area contributed by atoms with Crippen LogP contribution in [0.15, 0.2) is 163 Å². The number of aryl methyl sites for hydroxylation is 4. The molecular formula is C58H46N6O. The molecule has 9 aromatic rings. The lowest BCUT2D eigenvalue weighted by Gasteiger charge is -2.11. The van der Waals surface area contributed by atoms with Crippen LogP contribution in [0.5, 0.6) is 0 Å². The predicted molar refractivity (Wildman–Crippen MR) is 270 cm³/mol. The molecule has 5 aromatic carbocycles. The highest BCUT2D eigenvalue weighted by Gasteiger charge is 2.31. The van der Waals surface area contributed by atoms with E-state index >= 15 is 0 Å². The quantitative estimate of drug-likeness (QED) is 0.161. The molecule has 65 heavy (non-hydrogen) atoms. The number of aromatic nitrogens is 4. The maximum atomic E-state index is 14.9. The van der Waals surface area contributed by atoms with Crippen molar-refractivity contribution in [1.82, 2.24) is 19.9 Å². The van der Waals surface area contributed by atoms with Gasteiger partial charge in [0.15, 0.2) is 0 Å². The van der Waals surface area contributed by atoms with Crippen molar-refractivity contribution in [1.29, 1.82) is 0 Å². The Balaban J connectivity index is 1.37. The number of carbonyl (C=O) groups excluding carboxylic acids is 1. The number of rotatable bonds is 5. The van der Waals surface area contributed by atoms with Crippen molar-refractivity contribution in [2.24, 2.45) is 5.10 Å². The highest BCUT2D eigenvalue weighted by Crippen LogP contribution is 2.38. The highest BCUT2D eigenvalue weighted by molar-refractivity contribution is 6.48. The number of H-pyrrole nitrogens is 3. The Morgan fingerprint density at radius 2 is 0.846 bits per heavy atom. The van der Waals surface area contributed by atoms with Gasteiger partial charge in [0.05, 0.1) is 33.7 Å². The van der Waals surface area contributed by atoms with Crippen LogP contribution in [0.1, 0.15) is 40.6 Å². The minimum Gasteiger partial charge on any atom is -0.354 e. The molecule has 0 radical (unpaired) electrons. The van der Waals surface area contributed by atoms with Crippen molar-refractivity contribution < 1.29 is 4.79 Å². The third kappa shape index (κ3) is 7.08. The first-order valence-electron chi connectivity index (χ1n) is 22.0. The third-order valence-electron chi connectivity index (χ3n) is 12.6. The SMILES string of the molecule is CC1=NN(c2ccccc2)C(=O)/C1=c1\[nH]c2cc1c(-c1ccc(C)cc1)c1ccc([nH]1)c(-c1ccc(C)cc1)c1nc(c(-c3ccc(C)cc3)c3ccc([nH]3)c2-c2ccc(C)cc2)C=C1. The average molecular weight is 843 g/mol. The lowest BCUT2D eigenvalue weighted by Crippen LogP contribution is -2.25. The van der Waals surface area contributed by atoms with E-state index in [9.17, 15) is 4.79 Å². The maximum absolute atomic E-state index is 14.9. The molecule has 11 rings (SSSR count). The molecule has 6 heterocycles. The number of benzene rings is 5. The van der Waals surface area contributed by atoms with Crippen LogP contribution in [0.25, 0.3) is 95.2 Å². The number of hydrogen-bond donors (Lipinski definition) is 3. The van der Waals surface area contributed by atoms with Crippen molar-refractivity contribution in [3.8, 4) is 44.5 Å². The summed E-state index contributed by atoms with van der Waals surface area (Å²) in [5, 5.41) is 7.95. The van der Waals surface area contributed by atoms with E-state index in [0.717, 1.165) is 100.0 Å². The van der Waals surface area contributed by atoms with E-state index in [2.05, 4.69) is 182 Å². The Bertz CT molecular complexity index is 3620. The first-order chi connectivity index (χ1) is 31.7. The number of para-hydroxylation sites is 1. The Morgan fingerprint density at radius 1 is 0.431 bits per heavy atom. The first kappa shape index (κ1) is 39.5. The highest BCUT2D eigenvalue weighted by atomic mass is 16.2. The second kappa shape index (κ2) is 15.8. The number of carbonyl (C=O) groups is 1. The zero-order valence-corrected chi connectivity index (χ0v) is 36.9. The molecule has 0 spiro atoms. The number of hydrogen-bond acceptors (Lipinski definition) is 3. The van der Waals surface area contributed by atoms with Crippen molar-refractivity contribution in [3.63, 3.8) is 0 Å². The van der Waals surface area contributed by atoms with Gasteiger partial charge in [0.25, 0.3) is 5.91 Å². The smallest absolute Gasteiger partial charge is 0.282 e. The van der Waals surface area contributed by atoms with Crippen LogP contribution < -0.4 is 10.4 Å². The number of nitrogens with zero attached hydrogens (tertiary/aromatic N) is 3. The summed E-state index contributed by atoms with van der Waals surface area (Å²) >= 11 is 0. The van der Waals surface area contributed by atoms with E-state index in [1.165, 1.54) is 16.1 Å². The van der Waals surface area contributed by atoms with E-state index in [1.54, 1.807) is 0 Å².